The fraction of sp³-hybridized carbons (Fsp3) is 0.333. The van der Waals surface area contributed by atoms with Crippen LogP contribution in [0, 0.1) is 6.92 Å². The summed E-state index contributed by atoms with van der Waals surface area (Å²) in [6.45, 7) is 3.43. The van der Waals surface area contributed by atoms with E-state index in [4.69, 9.17) is 9.47 Å². The fourth-order valence-corrected chi connectivity index (χ4v) is 6.63. The van der Waals surface area contributed by atoms with Crippen molar-refractivity contribution in [1.82, 2.24) is 0 Å². The topological polar surface area (TPSA) is 55.8 Å². The number of hydrogen-bond donors (Lipinski definition) is 0. The Labute approximate surface area is 196 Å². The zero-order chi connectivity index (χ0) is 23.5. The lowest BCUT2D eigenvalue weighted by atomic mass is 9.74. The van der Waals surface area contributed by atoms with E-state index in [0.717, 1.165) is 41.4 Å². The Hall–Kier alpha value is -2.99. The minimum atomic E-state index is -3.48. The Morgan fingerprint density at radius 3 is 2.24 bits per heavy atom. The predicted octanol–water partition coefficient (Wildman–Crippen LogP) is 5.02. The van der Waals surface area contributed by atoms with Gasteiger partial charge >= 0.3 is 0 Å². The Morgan fingerprint density at radius 2 is 1.58 bits per heavy atom. The molecule has 6 heteroatoms. The summed E-state index contributed by atoms with van der Waals surface area (Å²) in [7, 11) is -0.166. The maximum atomic E-state index is 13.5. The van der Waals surface area contributed by atoms with Crippen LogP contribution >= 0.6 is 0 Å². The summed E-state index contributed by atoms with van der Waals surface area (Å²) >= 11 is 0. The molecule has 1 saturated heterocycles. The van der Waals surface area contributed by atoms with Crippen LogP contribution in [0.25, 0.3) is 0 Å². The third kappa shape index (κ3) is 4.86. The van der Waals surface area contributed by atoms with Gasteiger partial charge in [-0.25, -0.2) is 8.42 Å². The van der Waals surface area contributed by atoms with E-state index in [0.29, 0.717) is 17.7 Å². The van der Waals surface area contributed by atoms with E-state index in [9.17, 15) is 8.42 Å². The molecule has 0 radical (unpaired) electrons. The zero-order valence-electron chi connectivity index (χ0n) is 19.5. The number of piperidine rings is 1. The largest absolute Gasteiger partial charge is 0.497 e. The van der Waals surface area contributed by atoms with E-state index in [1.165, 1.54) is 0 Å². The number of rotatable bonds is 7. The molecule has 33 heavy (non-hydrogen) atoms. The predicted molar refractivity (Wildman–Crippen MR) is 132 cm³/mol. The molecule has 0 spiro atoms. The van der Waals surface area contributed by atoms with E-state index in [-0.39, 0.29) is 5.75 Å². The van der Waals surface area contributed by atoms with Crippen LogP contribution in [-0.2, 0) is 15.3 Å². The molecule has 1 aliphatic rings. The van der Waals surface area contributed by atoms with E-state index >= 15 is 0 Å². The molecule has 3 aromatic carbocycles. The first-order valence-corrected chi connectivity index (χ1v) is 12.8. The second kappa shape index (κ2) is 9.48. The number of sulfone groups is 1. The normalized spacial score (nSPS) is 15.8. The lowest BCUT2D eigenvalue weighted by Crippen LogP contribution is -2.46. The van der Waals surface area contributed by atoms with Gasteiger partial charge in [0.1, 0.15) is 11.5 Å². The minimum absolute atomic E-state index is 0.0655. The van der Waals surface area contributed by atoms with E-state index in [1.54, 1.807) is 26.4 Å². The SMILES string of the molecule is COc1cccc(C2(CS(=O)(=O)c3ccc(C)cc3)CCN(c3ccccc3OC)CC2)c1. The molecule has 0 atom stereocenters. The van der Waals surface area contributed by atoms with E-state index in [1.807, 2.05) is 61.5 Å². The molecule has 0 saturated carbocycles. The highest BCUT2D eigenvalue weighted by atomic mass is 32.2. The van der Waals surface area contributed by atoms with Gasteiger partial charge in [-0.15, -0.1) is 0 Å². The standard InChI is InChI=1S/C27H31NO4S/c1-21-11-13-24(14-12-21)33(29,30)20-27(22-7-6-8-23(19-22)31-2)15-17-28(18-16-27)25-9-4-5-10-26(25)32-3/h4-14,19H,15-18,20H2,1-3H3. The highest BCUT2D eigenvalue weighted by Gasteiger charge is 2.41. The van der Waals surface area contributed by atoms with Crippen molar-refractivity contribution in [3.8, 4) is 11.5 Å². The molecule has 0 N–H and O–H groups in total. The third-order valence-electron chi connectivity index (χ3n) is 6.67. The van der Waals surface area contributed by atoms with Gasteiger partial charge in [0.2, 0.25) is 0 Å². The van der Waals surface area contributed by atoms with Gasteiger partial charge in [0.05, 0.1) is 30.6 Å². The summed E-state index contributed by atoms with van der Waals surface area (Å²) in [5.74, 6) is 1.64. The Balaban J connectivity index is 1.68. The summed E-state index contributed by atoms with van der Waals surface area (Å²) in [6, 6.07) is 23.0. The molecule has 0 amide bonds. The number of nitrogens with zero attached hydrogens (tertiary/aromatic N) is 1. The number of aryl methyl sites for hydroxylation is 1. The van der Waals surface area contributed by atoms with E-state index < -0.39 is 15.3 Å². The molecule has 0 aliphatic carbocycles. The molecule has 0 unspecified atom stereocenters. The fourth-order valence-electron chi connectivity index (χ4n) is 4.73. The van der Waals surface area contributed by atoms with Gasteiger partial charge in [0.15, 0.2) is 9.84 Å². The summed E-state index contributed by atoms with van der Waals surface area (Å²) in [4.78, 5) is 2.66. The van der Waals surface area contributed by atoms with Gasteiger partial charge in [-0.1, -0.05) is 42.0 Å². The summed E-state index contributed by atoms with van der Waals surface area (Å²) in [5, 5.41) is 0. The van der Waals surface area contributed by atoms with Crippen LogP contribution in [0.5, 0.6) is 11.5 Å². The van der Waals surface area contributed by atoms with Crippen molar-refractivity contribution in [1.29, 1.82) is 0 Å². The lowest BCUT2D eigenvalue weighted by molar-refractivity contribution is 0.355. The first kappa shape index (κ1) is 23.2. The Kier molecular flexibility index (Phi) is 6.66. The van der Waals surface area contributed by atoms with Crippen LogP contribution in [0.4, 0.5) is 5.69 Å². The van der Waals surface area contributed by atoms with Crippen molar-refractivity contribution in [3.05, 3.63) is 83.9 Å². The lowest BCUT2D eigenvalue weighted by Gasteiger charge is -2.43. The highest BCUT2D eigenvalue weighted by molar-refractivity contribution is 7.91. The molecule has 0 bridgehead atoms. The maximum absolute atomic E-state index is 13.5. The molecule has 0 aromatic heterocycles. The first-order valence-electron chi connectivity index (χ1n) is 11.2. The second-order valence-corrected chi connectivity index (χ2v) is 10.7. The monoisotopic (exact) mass is 465 g/mol. The molecule has 174 valence electrons. The second-order valence-electron chi connectivity index (χ2n) is 8.74. The molecule has 1 fully saturated rings. The number of methoxy groups -OCH3 is 2. The van der Waals surface area contributed by atoms with Crippen molar-refractivity contribution < 1.29 is 17.9 Å². The van der Waals surface area contributed by atoms with Crippen LogP contribution in [0.1, 0.15) is 24.0 Å². The molecule has 1 heterocycles. The van der Waals surface area contributed by atoms with Crippen molar-refractivity contribution in [2.45, 2.75) is 30.1 Å². The van der Waals surface area contributed by atoms with Crippen molar-refractivity contribution >= 4 is 15.5 Å². The van der Waals surface area contributed by atoms with Gasteiger partial charge < -0.3 is 14.4 Å². The van der Waals surface area contributed by atoms with Gasteiger partial charge in [-0.3, -0.25) is 0 Å². The van der Waals surface area contributed by atoms with Crippen LogP contribution in [0.15, 0.2) is 77.7 Å². The van der Waals surface area contributed by atoms with Gasteiger partial charge in [0.25, 0.3) is 0 Å². The maximum Gasteiger partial charge on any atom is 0.179 e. The summed E-state index contributed by atoms with van der Waals surface area (Å²) in [6.07, 6.45) is 1.42. The number of anilines is 1. The molecular weight excluding hydrogens is 434 g/mol. The van der Waals surface area contributed by atoms with Crippen LogP contribution in [0.3, 0.4) is 0 Å². The van der Waals surface area contributed by atoms with Crippen molar-refractivity contribution in [2.24, 2.45) is 0 Å². The van der Waals surface area contributed by atoms with Crippen molar-refractivity contribution in [3.63, 3.8) is 0 Å². The smallest absolute Gasteiger partial charge is 0.179 e. The first-order chi connectivity index (χ1) is 15.9. The third-order valence-corrected chi connectivity index (χ3v) is 8.60. The number of ether oxygens (including phenoxy) is 2. The average Bonchev–Trinajstić information content (AvgIpc) is 2.84. The molecule has 3 aromatic rings. The number of hydrogen-bond acceptors (Lipinski definition) is 5. The van der Waals surface area contributed by atoms with Crippen LogP contribution in [0.2, 0.25) is 0 Å². The average molecular weight is 466 g/mol. The summed E-state index contributed by atoms with van der Waals surface area (Å²) in [5.41, 5.74) is 2.59. The number of para-hydroxylation sites is 2. The molecule has 5 nitrogen and oxygen atoms in total. The Morgan fingerprint density at radius 1 is 0.879 bits per heavy atom. The Bertz CT molecular complexity index is 1200. The van der Waals surface area contributed by atoms with Crippen molar-refractivity contribution in [2.75, 3.05) is 38.0 Å². The van der Waals surface area contributed by atoms with Gasteiger partial charge in [-0.2, -0.15) is 0 Å². The molecular formula is C27H31NO4S. The van der Waals surface area contributed by atoms with Gasteiger partial charge in [-0.05, 0) is 61.7 Å². The van der Waals surface area contributed by atoms with E-state index in [2.05, 4.69) is 11.0 Å². The van der Waals surface area contributed by atoms with Crippen LogP contribution in [-0.4, -0.2) is 41.5 Å². The highest BCUT2D eigenvalue weighted by Crippen LogP contribution is 2.41. The quantitative estimate of drug-likeness (QED) is 0.490. The zero-order valence-corrected chi connectivity index (χ0v) is 20.3. The minimum Gasteiger partial charge on any atom is -0.497 e. The number of benzene rings is 3. The van der Waals surface area contributed by atoms with Crippen LogP contribution < -0.4 is 14.4 Å². The van der Waals surface area contributed by atoms with Gasteiger partial charge in [0, 0.05) is 18.5 Å². The summed E-state index contributed by atoms with van der Waals surface area (Å²) < 4.78 is 38.1. The molecule has 4 rings (SSSR count). The molecule has 1 aliphatic heterocycles.